The molecule has 10 N–H and O–H groups in total. The first-order valence-corrected chi connectivity index (χ1v) is 7.35. The molecule has 0 aliphatic heterocycles. The molecule has 0 bridgehead atoms. The van der Waals surface area contributed by atoms with Crippen molar-refractivity contribution in [1.82, 2.24) is 5.32 Å². The van der Waals surface area contributed by atoms with Gasteiger partial charge in [-0.1, -0.05) is 0 Å². The minimum Gasteiger partial charge on any atom is -0.481 e. The third-order valence-electron chi connectivity index (χ3n) is 0.642. The van der Waals surface area contributed by atoms with E-state index in [-0.39, 0.29) is 13.2 Å². The number of aliphatic carboxylic acids is 3. The number of nitrogens with one attached hydrogen (secondary N) is 1. The Bertz CT molecular complexity index is 208. The Morgan fingerprint density at radius 3 is 0.920 bits per heavy atom. The van der Waals surface area contributed by atoms with E-state index in [0.29, 0.717) is 13.1 Å². The highest BCUT2D eigenvalue weighted by Crippen LogP contribution is 1.49. The Hall–Kier alpha value is -1.79. The van der Waals surface area contributed by atoms with Crippen molar-refractivity contribution in [2.75, 3.05) is 39.4 Å². The average molecular weight is 375 g/mol. The lowest BCUT2D eigenvalue weighted by Gasteiger charge is -1.95. The van der Waals surface area contributed by atoms with E-state index in [4.69, 9.17) is 51.4 Å². The first-order chi connectivity index (χ1) is 11.4. The number of carbonyl (C=O) groups is 3. The van der Waals surface area contributed by atoms with Crippen molar-refractivity contribution < 1.29 is 39.9 Å². The van der Waals surface area contributed by atoms with Gasteiger partial charge in [-0.2, -0.15) is 0 Å². The SMILES string of the molecule is CC(=O)O.CC(=O)O.CC(=O)O.CCO.CCO.NCCNCCN. The largest absolute Gasteiger partial charge is 0.481 e. The Balaban J connectivity index is -0.0000000448. The standard InChI is InChI=1S/C4H13N3.3C2H4O2.2C2H6O/c5-1-3-7-4-2-6;3*1-2(3)4;2*1-2-3/h7H,1-6H2;3*1H3,(H,3,4);2*3H,2H2,1H3. The van der Waals surface area contributed by atoms with E-state index in [1.54, 1.807) is 13.8 Å². The molecule has 25 heavy (non-hydrogen) atoms. The molecule has 0 heterocycles. The van der Waals surface area contributed by atoms with Crippen LogP contribution in [-0.4, -0.2) is 82.8 Å². The van der Waals surface area contributed by atoms with Crippen LogP contribution in [0.1, 0.15) is 34.6 Å². The highest BCUT2D eigenvalue weighted by atomic mass is 16.4. The zero-order valence-corrected chi connectivity index (χ0v) is 15.9. The van der Waals surface area contributed by atoms with E-state index in [1.165, 1.54) is 0 Å². The molecule has 156 valence electrons. The molecule has 0 aromatic carbocycles. The molecule has 0 aliphatic rings. The van der Waals surface area contributed by atoms with Crippen LogP contribution in [0.3, 0.4) is 0 Å². The highest BCUT2D eigenvalue weighted by molar-refractivity contribution is 5.63. The fourth-order valence-corrected chi connectivity index (χ4v) is 0.329. The minimum absolute atomic E-state index is 0.250. The number of nitrogens with two attached hydrogens (primary N) is 2. The molecule has 0 saturated heterocycles. The topological polar surface area (TPSA) is 216 Å². The molecule has 0 aromatic rings. The summed E-state index contributed by atoms with van der Waals surface area (Å²) in [5.41, 5.74) is 10.3. The van der Waals surface area contributed by atoms with Crippen LogP contribution < -0.4 is 16.8 Å². The number of aliphatic hydroxyl groups excluding tert-OH is 2. The molecular formula is C14H37N3O8. The van der Waals surface area contributed by atoms with Gasteiger partial charge in [0, 0.05) is 60.2 Å². The summed E-state index contributed by atoms with van der Waals surface area (Å²) in [6.07, 6.45) is 0. The van der Waals surface area contributed by atoms with Crippen molar-refractivity contribution in [2.45, 2.75) is 34.6 Å². The third kappa shape index (κ3) is 1860. The second-order valence-electron chi connectivity index (χ2n) is 3.52. The van der Waals surface area contributed by atoms with Crippen LogP contribution in [0.15, 0.2) is 0 Å². The van der Waals surface area contributed by atoms with E-state index in [1.807, 2.05) is 0 Å². The number of carboxylic acid groups (broad SMARTS) is 3. The fourth-order valence-electron chi connectivity index (χ4n) is 0.329. The molecule has 0 aromatic heterocycles. The normalized spacial score (nSPS) is 7.08. The average Bonchev–Trinajstić information content (AvgIpc) is 2.39. The van der Waals surface area contributed by atoms with E-state index in [0.717, 1.165) is 33.9 Å². The smallest absolute Gasteiger partial charge is 0.300 e. The van der Waals surface area contributed by atoms with Gasteiger partial charge in [-0.05, 0) is 13.8 Å². The molecule has 0 atom stereocenters. The lowest BCUT2D eigenvalue weighted by atomic mass is 10.6. The molecule has 0 aliphatic carbocycles. The Morgan fingerprint density at radius 2 is 0.840 bits per heavy atom. The summed E-state index contributed by atoms with van der Waals surface area (Å²) in [5, 5.41) is 40.4. The van der Waals surface area contributed by atoms with Crippen molar-refractivity contribution in [3.05, 3.63) is 0 Å². The van der Waals surface area contributed by atoms with Crippen molar-refractivity contribution >= 4 is 17.9 Å². The second-order valence-corrected chi connectivity index (χ2v) is 3.52. The minimum atomic E-state index is -0.833. The Morgan fingerprint density at radius 1 is 0.720 bits per heavy atom. The molecule has 11 heteroatoms. The highest BCUT2D eigenvalue weighted by Gasteiger charge is 1.76. The molecule has 0 radical (unpaired) electrons. The van der Waals surface area contributed by atoms with Crippen molar-refractivity contribution in [3.63, 3.8) is 0 Å². The Labute approximate surface area is 149 Å². The molecule has 0 rings (SSSR count). The number of hydrogen-bond donors (Lipinski definition) is 8. The predicted molar refractivity (Wildman–Crippen MR) is 96.4 cm³/mol. The molecule has 0 saturated carbocycles. The summed E-state index contributed by atoms with van der Waals surface area (Å²) in [4.78, 5) is 27.0. The van der Waals surface area contributed by atoms with Crippen molar-refractivity contribution in [3.8, 4) is 0 Å². The number of aliphatic hydroxyl groups is 2. The second kappa shape index (κ2) is 49.5. The predicted octanol–water partition coefficient (Wildman–Crippen LogP) is -1.24. The van der Waals surface area contributed by atoms with Gasteiger partial charge in [0.2, 0.25) is 0 Å². The van der Waals surface area contributed by atoms with Gasteiger partial charge in [0.25, 0.3) is 17.9 Å². The van der Waals surface area contributed by atoms with Crippen molar-refractivity contribution in [2.24, 2.45) is 11.5 Å². The van der Waals surface area contributed by atoms with Crippen LogP contribution in [0.5, 0.6) is 0 Å². The van der Waals surface area contributed by atoms with Gasteiger partial charge in [0.15, 0.2) is 0 Å². The van der Waals surface area contributed by atoms with Crippen LogP contribution >= 0.6 is 0 Å². The van der Waals surface area contributed by atoms with Gasteiger partial charge in [-0.3, -0.25) is 14.4 Å². The summed E-state index contributed by atoms with van der Waals surface area (Å²) in [7, 11) is 0. The van der Waals surface area contributed by atoms with Crippen molar-refractivity contribution in [1.29, 1.82) is 0 Å². The molecule has 0 spiro atoms. The number of hydrogen-bond acceptors (Lipinski definition) is 8. The summed E-state index contributed by atoms with van der Waals surface area (Å²) in [6, 6.07) is 0. The first-order valence-electron chi connectivity index (χ1n) is 7.35. The molecular weight excluding hydrogens is 338 g/mol. The molecule has 11 nitrogen and oxygen atoms in total. The van der Waals surface area contributed by atoms with E-state index in [2.05, 4.69) is 5.32 Å². The van der Waals surface area contributed by atoms with Gasteiger partial charge in [-0.25, -0.2) is 0 Å². The maximum absolute atomic E-state index is 9.00. The summed E-state index contributed by atoms with van der Waals surface area (Å²) >= 11 is 0. The zero-order valence-electron chi connectivity index (χ0n) is 15.9. The third-order valence-corrected chi connectivity index (χ3v) is 0.642. The summed E-state index contributed by atoms with van der Waals surface area (Å²) < 4.78 is 0. The fraction of sp³-hybridized carbons (Fsp3) is 0.786. The van der Waals surface area contributed by atoms with E-state index in [9.17, 15) is 0 Å². The van der Waals surface area contributed by atoms with Gasteiger partial charge in [0.1, 0.15) is 0 Å². The van der Waals surface area contributed by atoms with Gasteiger partial charge >= 0.3 is 0 Å². The summed E-state index contributed by atoms with van der Waals surface area (Å²) in [5.74, 6) is -2.50. The molecule has 0 amide bonds. The van der Waals surface area contributed by atoms with E-state index < -0.39 is 17.9 Å². The van der Waals surface area contributed by atoms with Gasteiger partial charge < -0.3 is 42.3 Å². The maximum atomic E-state index is 9.00. The molecule has 0 unspecified atom stereocenters. The van der Waals surface area contributed by atoms with Crippen LogP contribution in [-0.2, 0) is 14.4 Å². The summed E-state index contributed by atoms with van der Waals surface area (Å²) in [6.45, 7) is 10.2. The maximum Gasteiger partial charge on any atom is 0.300 e. The first kappa shape index (κ1) is 38.7. The Kier molecular flexibility index (Phi) is 76.5. The molecule has 0 fully saturated rings. The van der Waals surface area contributed by atoms with Crippen LogP contribution in [0.25, 0.3) is 0 Å². The zero-order chi connectivity index (χ0) is 21.7. The van der Waals surface area contributed by atoms with Gasteiger partial charge in [-0.15, -0.1) is 0 Å². The lowest BCUT2D eigenvalue weighted by molar-refractivity contribution is -0.135. The van der Waals surface area contributed by atoms with E-state index >= 15 is 0 Å². The van der Waals surface area contributed by atoms with Crippen LogP contribution in [0, 0.1) is 0 Å². The lowest BCUT2D eigenvalue weighted by Crippen LogP contribution is -2.27. The number of carboxylic acids is 3. The van der Waals surface area contributed by atoms with Gasteiger partial charge in [0.05, 0.1) is 0 Å². The monoisotopic (exact) mass is 375 g/mol. The van der Waals surface area contributed by atoms with Crippen LogP contribution in [0.4, 0.5) is 0 Å². The number of rotatable bonds is 4. The van der Waals surface area contributed by atoms with Crippen LogP contribution in [0.2, 0.25) is 0 Å². The quantitative estimate of drug-likeness (QED) is 0.272.